The molecule has 0 aromatic rings. The lowest BCUT2D eigenvalue weighted by Gasteiger charge is -2.21. The molecule has 0 aromatic heterocycles. The number of aliphatic hydroxyl groups is 1. The SMILES string of the molecule is CCCCCC/C=C\C=C/CCCCCCCC(=O)OC[C@H](COP(=O)(O)OC[C@@H](O)COP(=O)(O)OC[C@@H](COC(=O)CCCCCCCCC(C)C)OC(=O)CCCCCCCCCCCCCC(C)C)OC(=O)CCCCCCCCCCCCCCCCCC. The molecule has 94 heavy (non-hydrogen) atoms. The van der Waals surface area contributed by atoms with E-state index in [1.54, 1.807) is 0 Å². The van der Waals surface area contributed by atoms with Gasteiger partial charge in [-0.3, -0.25) is 37.3 Å². The zero-order valence-electron chi connectivity index (χ0n) is 60.7. The number of esters is 4. The van der Waals surface area contributed by atoms with Crippen molar-refractivity contribution in [3.8, 4) is 0 Å². The Balaban J connectivity index is 5.28. The van der Waals surface area contributed by atoms with E-state index >= 15 is 0 Å². The molecule has 5 atom stereocenters. The van der Waals surface area contributed by atoms with Crippen molar-refractivity contribution in [3.05, 3.63) is 24.3 Å². The highest BCUT2D eigenvalue weighted by Gasteiger charge is 2.30. The minimum Gasteiger partial charge on any atom is -0.462 e. The monoisotopic (exact) mass is 1380 g/mol. The van der Waals surface area contributed by atoms with Crippen LogP contribution in [0.2, 0.25) is 0 Å². The molecule has 0 rings (SSSR count). The molecule has 0 heterocycles. The Morgan fingerprint density at radius 1 is 0.330 bits per heavy atom. The van der Waals surface area contributed by atoms with Crippen molar-refractivity contribution in [2.75, 3.05) is 39.6 Å². The topological polar surface area (TPSA) is 237 Å². The van der Waals surface area contributed by atoms with Gasteiger partial charge in [-0.15, -0.1) is 0 Å². The van der Waals surface area contributed by atoms with E-state index < -0.39 is 97.5 Å². The molecular formula is C75H142O17P2. The number of aliphatic hydroxyl groups excluding tert-OH is 1. The molecule has 554 valence electrons. The maximum atomic E-state index is 13.1. The third-order valence-corrected chi connectivity index (χ3v) is 18.7. The zero-order valence-corrected chi connectivity index (χ0v) is 62.5. The average Bonchev–Trinajstić information content (AvgIpc) is 1.20. The summed E-state index contributed by atoms with van der Waals surface area (Å²) in [4.78, 5) is 72.7. The van der Waals surface area contributed by atoms with Gasteiger partial charge in [0.2, 0.25) is 0 Å². The van der Waals surface area contributed by atoms with E-state index in [-0.39, 0.29) is 25.7 Å². The summed E-state index contributed by atoms with van der Waals surface area (Å²) >= 11 is 0. The summed E-state index contributed by atoms with van der Waals surface area (Å²) in [5, 5.41) is 10.6. The first-order valence-electron chi connectivity index (χ1n) is 38.3. The Morgan fingerprint density at radius 3 is 0.872 bits per heavy atom. The molecule has 0 bridgehead atoms. The standard InChI is InChI=1S/C75H142O17P2/c1-7-9-11-13-15-17-19-21-23-25-27-31-35-39-47-53-59-74(79)91-70(63-85-72(77)57-51-45-38-34-30-26-24-22-20-18-16-14-12-10-8-2)65-89-93(81,82)87-61-69(76)62-88-94(83,84)90-66-71(64-86-73(78)58-52-46-42-41-44-50-56-68(5)6)92-75(80)60-54-48-40-36-32-28-29-33-37-43-49-55-67(3)4/h18,20,22,24,67-71,76H,7-17,19,21,23,25-66H2,1-6H3,(H,81,82)(H,83,84)/b20-18-,24-22-/t69-,70-,71-/m1/s1. The minimum absolute atomic E-state index is 0.101. The second-order valence-electron chi connectivity index (χ2n) is 27.3. The second-order valence-corrected chi connectivity index (χ2v) is 30.2. The van der Waals surface area contributed by atoms with E-state index in [4.69, 9.17) is 37.0 Å². The number of unbranched alkanes of at least 4 members (excludes halogenated alkanes) is 39. The lowest BCUT2D eigenvalue weighted by Crippen LogP contribution is -2.30. The predicted molar refractivity (Wildman–Crippen MR) is 381 cm³/mol. The van der Waals surface area contributed by atoms with Gasteiger partial charge in [0.1, 0.15) is 19.3 Å². The number of ether oxygens (including phenoxy) is 4. The van der Waals surface area contributed by atoms with E-state index in [9.17, 15) is 43.2 Å². The van der Waals surface area contributed by atoms with Gasteiger partial charge in [0.05, 0.1) is 26.4 Å². The van der Waals surface area contributed by atoms with Crippen molar-refractivity contribution in [2.24, 2.45) is 11.8 Å². The molecule has 0 aromatic carbocycles. The zero-order chi connectivity index (χ0) is 69.3. The maximum absolute atomic E-state index is 13.1. The van der Waals surface area contributed by atoms with E-state index in [1.165, 1.54) is 154 Å². The van der Waals surface area contributed by atoms with Crippen LogP contribution >= 0.6 is 15.6 Å². The first-order chi connectivity index (χ1) is 45.4. The predicted octanol–water partition coefficient (Wildman–Crippen LogP) is 21.5. The molecule has 0 saturated carbocycles. The fourth-order valence-electron chi connectivity index (χ4n) is 10.9. The molecule has 3 N–H and O–H groups in total. The first-order valence-corrected chi connectivity index (χ1v) is 41.3. The van der Waals surface area contributed by atoms with E-state index in [2.05, 4.69) is 65.8 Å². The normalized spacial score (nSPS) is 14.2. The Bertz CT molecular complexity index is 1910. The lowest BCUT2D eigenvalue weighted by molar-refractivity contribution is -0.161. The quantitative estimate of drug-likeness (QED) is 0.0169. The van der Waals surface area contributed by atoms with E-state index in [1.807, 2.05) is 0 Å². The number of phosphoric ester groups is 2. The summed E-state index contributed by atoms with van der Waals surface area (Å²) in [5.41, 5.74) is 0. The summed E-state index contributed by atoms with van der Waals surface area (Å²) in [6.07, 6.45) is 56.4. The van der Waals surface area contributed by atoms with Crippen LogP contribution in [0, 0.1) is 11.8 Å². The molecular weight excluding hydrogens is 1230 g/mol. The average molecular weight is 1380 g/mol. The maximum Gasteiger partial charge on any atom is 0.472 e. The Kier molecular flexibility index (Phi) is 64.7. The van der Waals surface area contributed by atoms with Gasteiger partial charge in [0.15, 0.2) is 12.2 Å². The number of carbonyl (C=O) groups is 4. The van der Waals surface area contributed by atoms with Gasteiger partial charge in [-0.25, -0.2) is 9.13 Å². The summed E-state index contributed by atoms with van der Waals surface area (Å²) in [5.74, 6) is -0.707. The number of phosphoric acid groups is 2. The molecule has 0 saturated heterocycles. The van der Waals surface area contributed by atoms with Gasteiger partial charge < -0.3 is 33.8 Å². The van der Waals surface area contributed by atoms with Gasteiger partial charge in [-0.2, -0.15) is 0 Å². The van der Waals surface area contributed by atoms with Crippen LogP contribution in [-0.2, 0) is 65.4 Å². The third kappa shape index (κ3) is 68.1. The van der Waals surface area contributed by atoms with Crippen LogP contribution in [0.5, 0.6) is 0 Å². The summed E-state index contributed by atoms with van der Waals surface area (Å²) in [6.45, 7) is 9.44. The van der Waals surface area contributed by atoms with Gasteiger partial charge in [0, 0.05) is 25.7 Å². The fraction of sp³-hybridized carbons (Fsp3) is 0.893. The molecule has 2 unspecified atom stereocenters. The second kappa shape index (κ2) is 66.4. The summed E-state index contributed by atoms with van der Waals surface area (Å²) in [7, 11) is -9.92. The molecule has 0 fully saturated rings. The molecule has 0 aliphatic heterocycles. The largest absolute Gasteiger partial charge is 0.472 e. The van der Waals surface area contributed by atoms with Crippen molar-refractivity contribution >= 4 is 39.5 Å². The van der Waals surface area contributed by atoms with Gasteiger partial charge in [0.25, 0.3) is 0 Å². The van der Waals surface area contributed by atoms with Crippen LogP contribution < -0.4 is 0 Å². The highest BCUT2D eigenvalue weighted by atomic mass is 31.2. The van der Waals surface area contributed by atoms with Crippen LogP contribution in [-0.4, -0.2) is 96.7 Å². The molecule has 0 aliphatic rings. The number of rotatable bonds is 72. The van der Waals surface area contributed by atoms with Crippen LogP contribution in [0.1, 0.15) is 363 Å². The first kappa shape index (κ1) is 91.5. The third-order valence-electron chi connectivity index (χ3n) is 16.8. The van der Waals surface area contributed by atoms with E-state index in [0.717, 1.165) is 121 Å². The number of hydrogen-bond donors (Lipinski definition) is 3. The minimum atomic E-state index is -4.96. The lowest BCUT2D eigenvalue weighted by atomic mass is 10.0. The molecule has 17 nitrogen and oxygen atoms in total. The number of hydrogen-bond acceptors (Lipinski definition) is 15. The Morgan fingerprint density at radius 2 is 0.574 bits per heavy atom. The fourth-order valence-corrected chi connectivity index (χ4v) is 12.5. The van der Waals surface area contributed by atoms with Crippen molar-refractivity contribution in [2.45, 2.75) is 381 Å². The molecule has 19 heteroatoms. The molecule has 0 aliphatic carbocycles. The Hall–Kier alpha value is -2.46. The molecule has 0 spiro atoms. The highest BCUT2D eigenvalue weighted by Crippen LogP contribution is 2.45. The van der Waals surface area contributed by atoms with Crippen LogP contribution in [0.15, 0.2) is 24.3 Å². The van der Waals surface area contributed by atoms with Crippen molar-refractivity contribution < 1.29 is 80.2 Å². The Labute approximate surface area is 573 Å². The van der Waals surface area contributed by atoms with Gasteiger partial charge in [-0.1, -0.05) is 310 Å². The van der Waals surface area contributed by atoms with Crippen LogP contribution in [0.3, 0.4) is 0 Å². The van der Waals surface area contributed by atoms with Gasteiger partial charge >= 0.3 is 39.5 Å². The smallest absolute Gasteiger partial charge is 0.462 e. The summed E-state index contributed by atoms with van der Waals surface area (Å²) in [6, 6.07) is 0. The number of allylic oxidation sites excluding steroid dienone is 4. The van der Waals surface area contributed by atoms with Crippen molar-refractivity contribution in [3.63, 3.8) is 0 Å². The number of carbonyl (C=O) groups excluding carboxylic acids is 4. The van der Waals surface area contributed by atoms with Crippen molar-refractivity contribution in [1.82, 2.24) is 0 Å². The molecule has 0 radical (unpaired) electrons. The van der Waals surface area contributed by atoms with Crippen LogP contribution in [0.25, 0.3) is 0 Å². The molecule has 0 amide bonds. The van der Waals surface area contributed by atoms with Crippen LogP contribution in [0.4, 0.5) is 0 Å². The van der Waals surface area contributed by atoms with E-state index in [0.29, 0.717) is 31.6 Å². The van der Waals surface area contributed by atoms with Crippen molar-refractivity contribution in [1.29, 1.82) is 0 Å². The highest BCUT2D eigenvalue weighted by molar-refractivity contribution is 7.47. The summed E-state index contributed by atoms with van der Waals surface area (Å²) < 4.78 is 68.4. The van der Waals surface area contributed by atoms with Gasteiger partial charge in [-0.05, 0) is 63.2 Å².